The van der Waals surface area contributed by atoms with Gasteiger partial charge in [0.05, 0.1) is 10.3 Å². The highest BCUT2D eigenvalue weighted by atomic mass is 79.9. The van der Waals surface area contributed by atoms with Gasteiger partial charge in [-0.05, 0) is 35.0 Å². The maximum absolute atomic E-state index is 11.0. The van der Waals surface area contributed by atoms with Crippen LogP contribution >= 0.6 is 27.3 Å². The van der Waals surface area contributed by atoms with E-state index >= 15 is 0 Å². The average Bonchev–Trinajstić information content (AvgIpc) is 2.49. The first-order valence-electron chi connectivity index (χ1n) is 3.98. The number of urea groups is 1. The van der Waals surface area contributed by atoms with E-state index in [2.05, 4.69) is 26.6 Å². The summed E-state index contributed by atoms with van der Waals surface area (Å²) in [5.74, 6) is 0. The minimum absolute atomic E-state index is 0.118. The third-order valence-electron chi connectivity index (χ3n) is 1.39. The predicted molar refractivity (Wildman–Crippen MR) is 57.9 cm³/mol. The van der Waals surface area contributed by atoms with Crippen LogP contribution in [0.1, 0.15) is 11.8 Å². The Morgan fingerprint density at radius 1 is 1.54 bits per heavy atom. The highest BCUT2D eigenvalue weighted by molar-refractivity contribution is 9.11. The molecule has 0 bridgehead atoms. The van der Waals surface area contributed by atoms with Crippen molar-refractivity contribution in [1.29, 1.82) is 0 Å². The molecule has 2 amide bonds. The van der Waals surface area contributed by atoms with Gasteiger partial charge in [-0.25, -0.2) is 4.79 Å². The molecule has 2 N–H and O–H groups in total. The largest absolute Gasteiger partial charge is 0.338 e. The van der Waals surface area contributed by atoms with E-state index in [1.165, 1.54) is 0 Å². The van der Waals surface area contributed by atoms with Gasteiger partial charge in [-0.1, -0.05) is 0 Å². The third kappa shape index (κ3) is 3.78. The van der Waals surface area contributed by atoms with Gasteiger partial charge in [0.15, 0.2) is 0 Å². The monoisotopic (exact) mass is 262 g/mol. The second-order valence-electron chi connectivity index (χ2n) is 2.42. The fourth-order valence-electron chi connectivity index (χ4n) is 0.837. The van der Waals surface area contributed by atoms with E-state index in [-0.39, 0.29) is 6.03 Å². The topological polar surface area (TPSA) is 41.1 Å². The van der Waals surface area contributed by atoms with Crippen LogP contribution in [0.25, 0.3) is 0 Å². The lowest BCUT2D eigenvalue weighted by Gasteiger charge is -2.03. The van der Waals surface area contributed by atoms with Crippen LogP contribution in [0.5, 0.6) is 0 Å². The molecule has 0 radical (unpaired) electrons. The maximum Gasteiger partial charge on any atom is 0.315 e. The normalized spacial score (nSPS) is 9.69. The smallest absolute Gasteiger partial charge is 0.315 e. The lowest BCUT2D eigenvalue weighted by atomic mass is 10.5. The Bertz CT molecular complexity index is 287. The molecular weight excluding hydrogens is 252 g/mol. The fraction of sp³-hybridized carbons (Fsp3) is 0.375. The van der Waals surface area contributed by atoms with Crippen molar-refractivity contribution in [2.45, 2.75) is 13.5 Å². The number of halogens is 1. The number of rotatable bonds is 3. The zero-order chi connectivity index (χ0) is 9.68. The highest BCUT2D eigenvalue weighted by Gasteiger charge is 2.00. The zero-order valence-corrected chi connectivity index (χ0v) is 9.67. The molecule has 0 saturated carbocycles. The van der Waals surface area contributed by atoms with Crippen LogP contribution in [0.3, 0.4) is 0 Å². The molecule has 5 heteroatoms. The van der Waals surface area contributed by atoms with E-state index in [4.69, 9.17) is 0 Å². The molecule has 0 fully saturated rings. The van der Waals surface area contributed by atoms with Crippen molar-refractivity contribution in [3.8, 4) is 0 Å². The second kappa shape index (κ2) is 5.24. The Morgan fingerprint density at radius 2 is 2.31 bits per heavy atom. The Balaban J connectivity index is 2.30. The number of hydrogen-bond donors (Lipinski definition) is 2. The number of amides is 2. The maximum atomic E-state index is 11.0. The van der Waals surface area contributed by atoms with Gasteiger partial charge >= 0.3 is 6.03 Å². The van der Waals surface area contributed by atoms with E-state index in [0.717, 1.165) is 8.66 Å². The molecule has 3 nitrogen and oxygen atoms in total. The number of carbonyl (C=O) groups is 1. The van der Waals surface area contributed by atoms with E-state index in [9.17, 15) is 4.79 Å². The summed E-state index contributed by atoms with van der Waals surface area (Å²) in [4.78, 5) is 12.1. The molecule has 0 atom stereocenters. The molecule has 0 unspecified atom stereocenters. The zero-order valence-electron chi connectivity index (χ0n) is 7.26. The standard InChI is InChI=1S/C8H11BrN2OS/c1-2-10-8(12)11-5-6-3-4-7(9)13-6/h3-4H,2,5H2,1H3,(H2,10,11,12). The number of nitrogens with one attached hydrogen (secondary N) is 2. The fourth-order valence-corrected chi connectivity index (χ4v) is 2.26. The van der Waals surface area contributed by atoms with Gasteiger partial charge < -0.3 is 10.6 Å². The van der Waals surface area contributed by atoms with E-state index in [1.807, 2.05) is 19.1 Å². The summed E-state index contributed by atoms with van der Waals surface area (Å²) in [5, 5.41) is 5.42. The van der Waals surface area contributed by atoms with Crippen LogP contribution in [0, 0.1) is 0 Å². The second-order valence-corrected chi connectivity index (χ2v) is 4.97. The lowest BCUT2D eigenvalue weighted by Crippen LogP contribution is -2.34. The quantitative estimate of drug-likeness (QED) is 0.863. The van der Waals surface area contributed by atoms with Crippen molar-refractivity contribution in [2.24, 2.45) is 0 Å². The number of carbonyl (C=O) groups excluding carboxylic acids is 1. The summed E-state index contributed by atoms with van der Waals surface area (Å²) in [6, 6.07) is 3.84. The summed E-state index contributed by atoms with van der Waals surface area (Å²) >= 11 is 4.98. The molecule has 0 aliphatic heterocycles. The summed E-state index contributed by atoms with van der Waals surface area (Å²) in [5.41, 5.74) is 0. The van der Waals surface area contributed by atoms with E-state index < -0.39 is 0 Å². The van der Waals surface area contributed by atoms with Gasteiger partial charge in [-0.3, -0.25) is 0 Å². The van der Waals surface area contributed by atoms with Crippen LogP contribution in [-0.2, 0) is 6.54 Å². The van der Waals surface area contributed by atoms with Crippen LogP contribution in [-0.4, -0.2) is 12.6 Å². The van der Waals surface area contributed by atoms with Crippen molar-refractivity contribution < 1.29 is 4.79 Å². The summed E-state index contributed by atoms with van der Waals surface area (Å²) < 4.78 is 1.08. The van der Waals surface area contributed by atoms with Gasteiger partial charge in [0, 0.05) is 11.4 Å². The van der Waals surface area contributed by atoms with Gasteiger partial charge in [0.1, 0.15) is 0 Å². The van der Waals surface area contributed by atoms with Gasteiger partial charge in [0.2, 0.25) is 0 Å². The first kappa shape index (κ1) is 10.5. The minimum atomic E-state index is -0.118. The molecule has 1 aromatic rings. The molecule has 1 heterocycles. The summed E-state index contributed by atoms with van der Waals surface area (Å²) in [6.07, 6.45) is 0. The summed E-state index contributed by atoms with van der Waals surface area (Å²) in [6.45, 7) is 3.13. The van der Waals surface area contributed by atoms with Crippen molar-refractivity contribution in [3.05, 3.63) is 20.8 Å². The van der Waals surface area contributed by atoms with Crippen LogP contribution in [0.4, 0.5) is 4.79 Å². The van der Waals surface area contributed by atoms with Gasteiger partial charge in [0.25, 0.3) is 0 Å². The minimum Gasteiger partial charge on any atom is -0.338 e. The highest BCUT2D eigenvalue weighted by Crippen LogP contribution is 2.21. The average molecular weight is 263 g/mol. The molecule has 0 spiro atoms. The Hall–Kier alpha value is -0.550. The Morgan fingerprint density at radius 3 is 2.85 bits per heavy atom. The van der Waals surface area contributed by atoms with Crippen LogP contribution < -0.4 is 10.6 Å². The van der Waals surface area contributed by atoms with Gasteiger partial charge in [-0.2, -0.15) is 0 Å². The van der Waals surface area contributed by atoms with Crippen molar-refractivity contribution in [2.75, 3.05) is 6.54 Å². The van der Waals surface area contributed by atoms with Crippen molar-refractivity contribution in [1.82, 2.24) is 10.6 Å². The van der Waals surface area contributed by atoms with Gasteiger partial charge in [-0.15, -0.1) is 11.3 Å². The first-order valence-corrected chi connectivity index (χ1v) is 5.59. The number of hydrogen-bond acceptors (Lipinski definition) is 2. The number of thiophene rings is 1. The Kier molecular flexibility index (Phi) is 4.24. The molecule has 72 valence electrons. The molecule has 0 aromatic carbocycles. The lowest BCUT2D eigenvalue weighted by molar-refractivity contribution is 0.241. The van der Waals surface area contributed by atoms with Crippen molar-refractivity contribution >= 4 is 33.3 Å². The SMILES string of the molecule is CCNC(=O)NCc1ccc(Br)s1. The van der Waals surface area contributed by atoms with E-state index in [0.29, 0.717) is 13.1 Å². The predicted octanol–water partition coefficient (Wildman–Crippen LogP) is 2.33. The molecular formula is C8H11BrN2OS. The molecule has 1 rings (SSSR count). The molecule has 1 aromatic heterocycles. The first-order chi connectivity index (χ1) is 6.22. The third-order valence-corrected chi connectivity index (χ3v) is 3.01. The molecule has 13 heavy (non-hydrogen) atoms. The van der Waals surface area contributed by atoms with Crippen LogP contribution in [0.15, 0.2) is 15.9 Å². The summed E-state index contributed by atoms with van der Waals surface area (Å²) in [7, 11) is 0. The Labute approximate surface area is 89.7 Å². The molecule has 0 saturated heterocycles. The van der Waals surface area contributed by atoms with Crippen LogP contribution in [0.2, 0.25) is 0 Å². The molecule has 0 aliphatic carbocycles. The van der Waals surface area contributed by atoms with E-state index in [1.54, 1.807) is 11.3 Å². The molecule has 0 aliphatic rings. The van der Waals surface area contributed by atoms with Crippen molar-refractivity contribution in [3.63, 3.8) is 0 Å².